The van der Waals surface area contributed by atoms with Crippen molar-refractivity contribution in [1.29, 1.82) is 0 Å². The van der Waals surface area contributed by atoms with Crippen LogP contribution >= 0.6 is 0 Å². The van der Waals surface area contributed by atoms with Gasteiger partial charge >= 0.3 is 5.97 Å². The number of rotatable bonds is 6. The average molecular weight is 419 g/mol. The Labute approximate surface area is 183 Å². The first kappa shape index (κ1) is 20.1. The highest BCUT2D eigenvalue weighted by Crippen LogP contribution is 2.47. The summed E-state index contributed by atoms with van der Waals surface area (Å²) in [6, 6.07) is 12.1. The minimum Gasteiger partial charge on any atom is -0.496 e. The van der Waals surface area contributed by atoms with Gasteiger partial charge in [-0.2, -0.15) is 0 Å². The van der Waals surface area contributed by atoms with Gasteiger partial charge in [-0.05, 0) is 86.4 Å². The Kier molecular flexibility index (Phi) is 5.22. The molecule has 1 aliphatic carbocycles. The van der Waals surface area contributed by atoms with E-state index in [1.165, 1.54) is 46.9 Å². The maximum atomic E-state index is 11.3. The molecule has 5 rings (SSSR count). The molecule has 5 nitrogen and oxygen atoms in total. The number of carbonyl (C=O) groups is 1. The zero-order chi connectivity index (χ0) is 21.5. The molecular weight excluding hydrogens is 388 g/mol. The fraction of sp³-hybridized carbons (Fsp3) is 0.423. The van der Waals surface area contributed by atoms with E-state index in [9.17, 15) is 9.90 Å². The molecule has 3 aromatic rings. The predicted molar refractivity (Wildman–Crippen MR) is 122 cm³/mol. The van der Waals surface area contributed by atoms with E-state index in [2.05, 4.69) is 28.9 Å². The van der Waals surface area contributed by atoms with E-state index < -0.39 is 5.97 Å². The molecule has 5 heteroatoms. The number of hydrogen-bond acceptors (Lipinski definition) is 3. The first-order chi connectivity index (χ1) is 15.0. The van der Waals surface area contributed by atoms with Gasteiger partial charge in [-0.15, -0.1) is 0 Å². The van der Waals surface area contributed by atoms with Gasteiger partial charge < -0.3 is 14.8 Å². The second-order valence-corrected chi connectivity index (χ2v) is 9.18. The van der Waals surface area contributed by atoms with Crippen molar-refractivity contribution in [3.63, 3.8) is 0 Å². The summed E-state index contributed by atoms with van der Waals surface area (Å²) in [5.74, 6) is 1.72. The standard InChI is InChI=1S/C26H30N2O3/c1-16-13-24(31-2)22(21-9-11-27-25(16)21)15-28-12-10-20(17-3-4-17)14-23(28)18-5-7-19(8-6-18)26(29)30/h5-9,11,13,17,20,23,27H,3-4,10,12,14-15H2,1-2H3,(H,29,30)/t20-,23+/m0/s1. The molecule has 1 saturated heterocycles. The number of ether oxygens (including phenoxy) is 1. The molecule has 2 fully saturated rings. The zero-order valence-electron chi connectivity index (χ0n) is 18.2. The number of nitrogens with zero attached hydrogens (tertiary/aromatic N) is 1. The van der Waals surface area contributed by atoms with Crippen LogP contribution in [0.2, 0.25) is 0 Å². The number of aromatic carboxylic acids is 1. The average Bonchev–Trinajstić information content (AvgIpc) is 3.51. The second-order valence-electron chi connectivity index (χ2n) is 9.18. The Morgan fingerprint density at radius 1 is 1.16 bits per heavy atom. The highest BCUT2D eigenvalue weighted by molar-refractivity contribution is 5.88. The van der Waals surface area contributed by atoms with Crippen LogP contribution in [-0.4, -0.2) is 34.6 Å². The van der Waals surface area contributed by atoms with Crippen LogP contribution in [0.15, 0.2) is 42.6 Å². The normalized spacial score (nSPS) is 22.0. The number of hydrogen-bond donors (Lipinski definition) is 2. The lowest BCUT2D eigenvalue weighted by Gasteiger charge is -2.40. The third kappa shape index (κ3) is 3.83. The summed E-state index contributed by atoms with van der Waals surface area (Å²) in [5, 5.41) is 10.5. The summed E-state index contributed by atoms with van der Waals surface area (Å²) in [5.41, 5.74) is 5.15. The molecule has 2 atom stereocenters. The fourth-order valence-electron chi connectivity index (χ4n) is 5.41. The van der Waals surface area contributed by atoms with Gasteiger partial charge in [-0.3, -0.25) is 4.90 Å². The maximum Gasteiger partial charge on any atom is 0.335 e. The SMILES string of the molecule is COc1cc(C)c2[nH]ccc2c1CN1CC[C@H](C2CC2)C[C@@H]1c1ccc(C(=O)O)cc1. The number of carboxylic acids is 1. The Bertz CT molecular complexity index is 1100. The monoisotopic (exact) mass is 418 g/mol. The topological polar surface area (TPSA) is 65.6 Å². The summed E-state index contributed by atoms with van der Waals surface area (Å²) < 4.78 is 5.79. The van der Waals surface area contributed by atoms with Crippen molar-refractivity contribution in [2.45, 2.75) is 45.2 Å². The molecule has 2 aromatic carbocycles. The number of aromatic amines is 1. The maximum absolute atomic E-state index is 11.3. The Balaban J connectivity index is 1.49. The Morgan fingerprint density at radius 3 is 2.61 bits per heavy atom. The van der Waals surface area contributed by atoms with Gasteiger partial charge in [0.2, 0.25) is 0 Å². The first-order valence-corrected chi connectivity index (χ1v) is 11.3. The van der Waals surface area contributed by atoms with Crippen molar-refractivity contribution in [2.75, 3.05) is 13.7 Å². The Hall–Kier alpha value is -2.79. The summed E-state index contributed by atoms with van der Waals surface area (Å²) >= 11 is 0. The molecule has 2 heterocycles. The third-order valence-electron chi connectivity index (χ3n) is 7.28. The van der Waals surface area contributed by atoms with Crippen molar-refractivity contribution >= 4 is 16.9 Å². The van der Waals surface area contributed by atoms with E-state index in [0.29, 0.717) is 11.6 Å². The number of fused-ring (bicyclic) bond motifs is 1. The Morgan fingerprint density at radius 2 is 1.94 bits per heavy atom. The number of likely N-dealkylation sites (tertiary alicyclic amines) is 1. The molecule has 2 N–H and O–H groups in total. The molecule has 1 saturated carbocycles. The number of piperidine rings is 1. The minimum absolute atomic E-state index is 0.294. The highest BCUT2D eigenvalue weighted by atomic mass is 16.5. The highest BCUT2D eigenvalue weighted by Gasteiger charge is 2.38. The third-order valence-corrected chi connectivity index (χ3v) is 7.28. The van der Waals surface area contributed by atoms with E-state index in [1.807, 2.05) is 18.3 Å². The molecule has 0 amide bonds. The molecular formula is C26H30N2O3. The lowest BCUT2D eigenvalue weighted by atomic mass is 9.83. The van der Waals surface area contributed by atoms with E-state index >= 15 is 0 Å². The fourth-order valence-corrected chi connectivity index (χ4v) is 5.41. The van der Waals surface area contributed by atoms with Gasteiger partial charge in [0.1, 0.15) is 5.75 Å². The number of benzene rings is 2. The first-order valence-electron chi connectivity index (χ1n) is 11.3. The van der Waals surface area contributed by atoms with Gasteiger partial charge in [-0.1, -0.05) is 12.1 Å². The van der Waals surface area contributed by atoms with Gasteiger partial charge in [0.15, 0.2) is 0 Å². The number of nitrogens with one attached hydrogen (secondary N) is 1. The predicted octanol–water partition coefficient (Wildman–Crippen LogP) is 5.55. The molecule has 1 aliphatic heterocycles. The van der Waals surface area contributed by atoms with Crippen LogP contribution in [0.1, 0.15) is 58.8 Å². The molecule has 0 unspecified atom stereocenters. The minimum atomic E-state index is -0.873. The van der Waals surface area contributed by atoms with Crippen LogP contribution in [0.4, 0.5) is 0 Å². The van der Waals surface area contributed by atoms with Crippen molar-refractivity contribution in [3.05, 3.63) is 64.8 Å². The van der Waals surface area contributed by atoms with Gasteiger partial charge in [-0.25, -0.2) is 4.79 Å². The summed E-state index contributed by atoms with van der Waals surface area (Å²) in [6.45, 7) is 3.98. The number of methoxy groups -OCH3 is 1. The second kappa shape index (κ2) is 8.04. The number of aryl methyl sites for hydroxylation is 1. The lowest BCUT2D eigenvalue weighted by molar-refractivity contribution is 0.0696. The van der Waals surface area contributed by atoms with Crippen molar-refractivity contribution in [1.82, 2.24) is 9.88 Å². The van der Waals surface area contributed by atoms with Crippen molar-refractivity contribution in [3.8, 4) is 5.75 Å². The van der Waals surface area contributed by atoms with Gasteiger partial charge in [0, 0.05) is 35.2 Å². The number of carboxylic acid groups (broad SMARTS) is 1. The van der Waals surface area contributed by atoms with E-state index in [4.69, 9.17) is 4.74 Å². The van der Waals surface area contributed by atoms with Crippen LogP contribution in [0, 0.1) is 18.8 Å². The van der Waals surface area contributed by atoms with Crippen LogP contribution in [0.3, 0.4) is 0 Å². The lowest BCUT2D eigenvalue weighted by Crippen LogP contribution is -2.37. The van der Waals surface area contributed by atoms with E-state index in [-0.39, 0.29) is 0 Å². The van der Waals surface area contributed by atoms with Gasteiger partial charge in [0.25, 0.3) is 0 Å². The molecule has 31 heavy (non-hydrogen) atoms. The molecule has 2 aliphatic rings. The molecule has 0 radical (unpaired) electrons. The summed E-state index contributed by atoms with van der Waals surface area (Å²) in [4.78, 5) is 17.3. The number of aromatic nitrogens is 1. The quantitative estimate of drug-likeness (QED) is 0.551. The number of H-pyrrole nitrogens is 1. The summed E-state index contributed by atoms with van der Waals surface area (Å²) in [7, 11) is 1.75. The summed E-state index contributed by atoms with van der Waals surface area (Å²) in [6.07, 6.45) is 7.11. The molecule has 0 bridgehead atoms. The van der Waals surface area contributed by atoms with E-state index in [1.54, 1.807) is 19.2 Å². The van der Waals surface area contributed by atoms with E-state index in [0.717, 1.165) is 37.1 Å². The largest absolute Gasteiger partial charge is 0.496 e. The van der Waals surface area contributed by atoms with Crippen LogP contribution in [-0.2, 0) is 6.54 Å². The molecule has 162 valence electrons. The molecule has 0 spiro atoms. The van der Waals surface area contributed by atoms with Gasteiger partial charge in [0.05, 0.1) is 12.7 Å². The van der Waals surface area contributed by atoms with Crippen LogP contribution < -0.4 is 4.74 Å². The van der Waals surface area contributed by atoms with Crippen LogP contribution in [0.25, 0.3) is 10.9 Å². The van der Waals surface area contributed by atoms with Crippen molar-refractivity contribution < 1.29 is 14.6 Å². The van der Waals surface area contributed by atoms with Crippen LogP contribution in [0.5, 0.6) is 5.75 Å². The van der Waals surface area contributed by atoms with Crippen molar-refractivity contribution in [2.24, 2.45) is 11.8 Å². The molecule has 1 aromatic heterocycles. The smallest absolute Gasteiger partial charge is 0.335 e. The zero-order valence-corrected chi connectivity index (χ0v) is 18.2.